The van der Waals surface area contributed by atoms with Crippen LogP contribution in [0.4, 0.5) is 5.69 Å². The van der Waals surface area contributed by atoms with Crippen LogP contribution in [0.25, 0.3) is 0 Å². The number of rotatable bonds is 5. The van der Waals surface area contributed by atoms with Gasteiger partial charge in [-0.2, -0.15) is 0 Å². The molecule has 1 saturated heterocycles. The standard InChI is InChI=1S/C19H24N3OS/c1-3-18-8-9-19(24-18)7-5-16-4-6-17(14-20-16)22-12-10-21(11-13-22)15(2)23/h3-4,6,8-9,14H,5,7,10-13H2,1-2H3. The molecular weight excluding hydrogens is 318 g/mol. The van der Waals surface area contributed by atoms with Crippen LogP contribution in [-0.4, -0.2) is 42.0 Å². The Balaban J connectivity index is 1.53. The Bertz CT molecular complexity index is 672. The number of hydrogen-bond acceptors (Lipinski definition) is 4. The molecule has 0 spiro atoms. The second-order valence-corrected chi connectivity index (χ2v) is 7.29. The maximum absolute atomic E-state index is 11.4. The SMILES string of the molecule is C[CH]c1ccc(CCc2ccc(N3CCN(C(C)=O)CC3)cn2)s1. The fourth-order valence-corrected chi connectivity index (χ4v) is 3.86. The first-order chi connectivity index (χ1) is 11.7. The molecule has 5 heteroatoms. The topological polar surface area (TPSA) is 36.4 Å². The predicted octanol–water partition coefficient (Wildman–Crippen LogP) is 3.17. The summed E-state index contributed by atoms with van der Waals surface area (Å²) >= 11 is 1.86. The third kappa shape index (κ3) is 4.15. The summed E-state index contributed by atoms with van der Waals surface area (Å²) in [6.07, 6.45) is 6.13. The summed E-state index contributed by atoms with van der Waals surface area (Å²) in [5, 5.41) is 0. The smallest absolute Gasteiger partial charge is 0.219 e. The average molecular weight is 342 g/mol. The number of thiophene rings is 1. The van der Waals surface area contributed by atoms with Gasteiger partial charge in [-0.3, -0.25) is 9.78 Å². The van der Waals surface area contributed by atoms with E-state index in [1.807, 2.05) is 22.4 Å². The lowest BCUT2D eigenvalue weighted by Gasteiger charge is -2.35. The van der Waals surface area contributed by atoms with Crippen molar-refractivity contribution in [1.82, 2.24) is 9.88 Å². The molecule has 0 bridgehead atoms. The Morgan fingerprint density at radius 3 is 2.54 bits per heavy atom. The molecule has 0 unspecified atom stereocenters. The van der Waals surface area contributed by atoms with E-state index < -0.39 is 0 Å². The molecule has 1 aliphatic rings. The van der Waals surface area contributed by atoms with E-state index in [-0.39, 0.29) is 5.91 Å². The van der Waals surface area contributed by atoms with Gasteiger partial charge in [0.15, 0.2) is 0 Å². The Labute approximate surface area is 148 Å². The number of carbonyl (C=O) groups excluding carboxylic acids is 1. The second-order valence-electron chi connectivity index (χ2n) is 6.09. The highest BCUT2D eigenvalue weighted by atomic mass is 32.1. The molecule has 1 fully saturated rings. The first-order valence-electron chi connectivity index (χ1n) is 8.49. The largest absolute Gasteiger partial charge is 0.367 e. The lowest BCUT2D eigenvalue weighted by Crippen LogP contribution is -2.48. The first kappa shape index (κ1) is 17.0. The normalized spacial score (nSPS) is 14.9. The molecule has 127 valence electrons. The molecule has 1 amide bonds. The van der Waals surface area contributed by atoms with Crippen LogP contribution in [-0.2, 0) is 17.6 Å². The van der Waals surface area contributed by atoms with E-state index in [0.29, 0.717) is 0 Å². The highest BCUT2D eigenvalue weighted by Gasteiger charge is 2.18. The van der Waals surface area contributed by atoms with Gasteiger partial charge in [0, 0.05) is 48.6 Å². The number of anilines is 1. The van der Waals surface area contributed by atoms with E-state index >= 15 is 0 Å². The monoisotopic (exact) mass is 342 g/mol. The van der Waals surface area contributed by atoms with Gasteiger partial charge in [-0.1, -0.05) is 6.92 Å². The molecule has 3 heterocycles. The van der Waals surface area contributed by atoms with Crippen molar-refractivity contribution >= 4 is 22.9 Å². The highest BCUT2D eigenvalue weighted by molar-refractivity contribution is 7.12. The van der Waals surface area contributed by atoms with Gasteiger partial charge in [0.05, 0.1) is 11.9 Å². The summed E-state index contributed by atoms with van der Waals surface area (Å²) < 4.78 is 0. The van der Waals surface area contributed by atoms with E-state index in [9.17, 15) is 4.79 Å². The van der Waals surface area contributed by atoms with Crippen molar-refractivity contribution in [2.75, 3.05) is 31.1 Å². The zero-order chi connectivity index (χ0) is 16.9. The van der Waals surface area contributed by atoms with E-state index in [0.717, 1.165) is 50.4 Å². The van der Waals surface area contributed by atoms with Crippen LogP contribution >= 0.6 is 11.3 Å². The van der Waals surface area contributed by atoms with Crippen molar-refractivity contribution in [3.8, 4) is 0 Å². The van der Waals surface area contributed by atoms with Gasteiger partial charge in [-0.15, -0.1) is 11.3 Å². The molecule has 2 aromatic heterocycles. The van der Waals surface area contributed by atoms with E-state index in [1.54, 1.807) is 6.92 Å². The lowest BCUT2D eigenvalue weighted by molar-refractivity contribution is -0.129. The molecule has 2 aromatic rings. The minimum absolute atomic E-state index is 0.167. The summed E-state index contributed by atoms with van der Waals surface area (Å²) in [7, 11) is 0. The van der Waals surface area contributed by atoms with Crippen LogP contribution in [0.5, 0.6) is 0 Å². The van der Waals surface area contributed by atoms with Crippen molar-refractivity contribution in [2.24, 2.45) is 0 Å². The molecule has 3 rings (SSSR count). The minimum atomic E-state index is 0.167. The van der Waals surface area contributed by atoms with Gasteiger partial charge in [0.2, 0.25) is 5.91 Å². The molecule has 24 heavy (non-hydrogen) atoms. The minimum Gasteiger partial charge on any atom is -0.367 e. The zero-order valence-corrected chi connectivity index (χ0v) is 15.2. The molecule has 4 nitrogen and oxygen atoms in total. The van der Waals surface area contributed by atoms with Crippen LogP contribution in [0.15, 0.2) is 30.5 Å². The molecule has 0 N–H and O–H groups in total. The predicted molar refractivity (Wildman–Crippen MR) is 99.5 cm³/mol. The number of pyridine rings is 1. The van der Waals surface area contributed by atoms with E-state index in [1.165, 1.54) is 9.75 Å². The van der Waals surface area contributed by atoms with Crippen LogP contribution in [0.1, 0.15) is 29.3 Å². The fourth-order valence-electron chi connectivity index (χ4n) is 2.97. The van der Waals surface area contributed by atoms with Crippen LogP contribution < -0.4 is 4.90 Å². The molecule has 0 atom stereocenters. The molecule has 0 saturated carbocycles. The summed E-state index contributed by atoms with van der Waals surface area (Å²) in [5.41, 5.74) is 2.29. The van der Waals surface area contributed by atoms with E-state index in [4.69, 9.17) is 0 Å². The quantitative estimate of drug-likeness (QED) is 0.837. The van der Waals surface area contributed by atoms with Gasteiger partial charge >= 0.3 is 0 Å². The van der Waals surface area contributed by atoms with Gasteiger partial charge in [-0.05, 0) is 43.5 Å². The Kier molecular flexibility index (Phi) is 5.51. The average Bonchev–Trinajstić information content (AvgIpc) is 3.09. The summed E-state index contributed by atoms with van der Waals surface area (Å²) in [4.78, 5) is 23.0. The molecule has 0 aromatic carbocycles. The number of carbonyl (C=O) groups is 1. The van der Waals surface area contributed by atoms with Gasteiger partial charge in [0.25, 0.3) is 0 Å². The van der Waals surface area contributed by atoms with E-state index in [2.05, 4.69) is 47.5 Å². The van der Waals surface area contributed by atoms with Crippen molar-refractivity contribution < 1.29 is 4.79 Å². The summed E-state index contributed by atoms with van der Waals surface area (Å²) in [5.74, 6) is 0.167. The van der Waals surface area contributed by atoms with Crippen LogP contribution in [0, 0.1) is 6.42 Å². The molecule has 1 aliphatic heterocycles. The fraction of sp³-hybridized carbons (Fsp3) is 0.421. The van der Waals surface area contributed by atoms with Crippen molar-refractivity contribution in [1.29, 1.82) is 0 Å². The first-order valence-corrected chi connectivity index (χ1v) is 9.31. The van der Waals surface area contributed by atoms with Crippen molar-refractivity contribution in [2.45, 2.75) is 26.7 Å². The molecular formula is C19H24N3OS. The number of hydrogen-bond donors (Lipinski definition) is 0. The maximum Gasteiger partial charge on any atom is 0.219 e. The van der Waals surface area contributed by atoms with Gasteiger partial charge < -0.3 is 9.80 Å². The number of aromatic nitrogens is 1. The Morgan fingerprint density at radius 2 is 1.96 bits per heavy atom. The molecule has 0 aliphatic carbocycles. The second kappa shape index (κ2) is 7.79. The number of aryl methyl sites for hydroxylation is 2. The highest BCUT2D eigenvalue weighted by Crippen LogP contribution is 2.20. The van der Waals surface area contributed by atoms with Crippen LogP contribution in [0.3, 0.4) is 0 Å². The summed E-state index contributed by atoms with van der Waals surface area (Å²) in [6, 6.07) is 8.68. The Hall–Kier alpha value is -1.88. The zero-order valence-electron chi connectivity index (χ0n) is 14.4. The lowest BCUT2D eigenvalue weighted by atomic mass is 10.2. The van der Waals surface area contributed by atoms with Gasteiger partial charge in [-0.25, -0.2) is 0 Å². The number of nitrogens with zero attached hydrogens (tertiary/aromatic N) is 3. The summed E-state index contributed by atoms with van der Waals surface area (Å²) in [6.45, 7) is 7.07. The maximum atomic E-state index is 11.4. The third-order valence-electron chi connectivity index (χ3n) is 4.49. The number of piperazine rings is 1. The van der Waals surface area contributed by atoms with Crippen molar-refractivity contribution in [3.05, 3.63) is 52.3 Å². The van der Waals surface area contributed by atoms with Crippen LogP contribution in [0.2, 0.25) is 0 Å². The molecule has 1 radical (unpaired) electrons. The Morgan fingerprint density at radius 1 is 1.17 bits per heavy atom. The van der Waals surface area contributed by atoms with Crippen molar-refractivity contribution in [3.63, 3.8) is 0 Å². The number of amides is 1. The van der Waals surface area contributed by atoms with Gasteiger partial charge in [0.1, 0.15) is 0 Å². The third-order valence-corrected chi connectivity index (χ3v) is 5.70.